The van der Waals surface area contributed by atoms with Crippen molar-refractivity contribution in [2.45, 2.75) is 82.5 Å². The van der Waals surface area contributed by atoms with Crippen molar-refractivity contribution in [3.63, 3.8) is 0 Å². The van der Waals surface area contributed by atoms with Crippen molar-refractivity contribution in [3.8, 4) is 11.5 Å². The monoisotopic (exact) mass is 502 g/mol. The lowest BCUT2D eigenvalue weighted by molar-refractivity contribution is -0.130. The minimum absolute atomic E-state index is 0.0176. The van der Waals surface area contributed by atoms with Gasteiger partial charge in [-0.05, 0) is 62.9 Å². The Hall–Kier alpha value is -3.55. The first kappa shape index (κ1) is 23.8. The lowest BCUT2D eigenvalue weighted by Gasteiger charge is -2.39. The summed E-state index contributed by atoms with van der Waals surface area (Å²) in [5.41, 5.74) is 9.53. The second kappa shape index (κ2) is 9.08. The predicted octanol–water partition coefficient (Wildman–Crippen LogP) is 4.18. The third-order valence-electron chi connectivity index (χ3n) is 7.92. The highest BCUT2D eigenvalue weighted by Crippen LogP contribution is 2.41. The number of aliphatic imine (C=N–C) groups is 1. The number of benzene rings is 2. The fourth-order valence-corrected chi connectivity index (χ4v) is 6.15. The average molecular weight is 503 g/mol. The van der Waals surface area contributed by atoms with E-state index in [4.69, 9.17) is 20.2 Å². The molecule has 7 rings (SSSR count). The van der Waals surface area contributed by atoms with Crippen LogP contribution in [0.5, 0.6) is 11.5 Å². The Labute approximate surface area is 217 Å². The molecule has 194 valence electrons. The van der Waals surface area contributed by atoms with E-state index in [0.29, 0.717) is 37.2 Å². The molecule has 8 heteroatoms. The fourth-order valence-electron chi connectivity index (χ4n) is 6.15. The molecule has 6 bridgehead atoms. The maximum Gasteiger partial charge on any atom is 0.251 e. The Morgan fingerprint density at radius 2 is 1.89 bits per heavy atom. The summed E-state index contributed by atoms with van der Waals surface area (Å²) in [6.45, 7) is 4.57. The van der Waals surface area contributed by atoms with E-state index in [0.717, 1.165) is 42.6 Å². The summed E-state index contributed by atoms with van der Waals surface area (Å²) in [6, 6.07) is 11.2. The van der Waals surface area contributed by atoms with Crippen molar-refractivity contribution in [2.24, 2.45) is 10.7 Å². The van der Waals surface area contributed by atoms with E-state index < -0.39 is 5.60 Å². The number of amides is 2. The number of ether oxygens (including phenoxy) is 2. The van der Waals surface area contributed by atoms with Gasteiger partial charge >= 0.3 is 0 Å². The Kier molecular flexibility index (Phi) is 5.85. The third-order valence-corrected chi connectivity index (χ3v) is 7.92. The highest BCUT2D eigenvalue weighted by atomic mass is 16.5. The Morgan fingerprint density at radius 1 is 1.05 bits per heavy atom. The molecule has 0 radical (unpaired) electrons. The van der Waals surface area contributed by atoms with Gasteiger partial charge in [-0.3, -0.25) is 14.5 Å². The molecular formula is C29H34N4O4. The molecule has 37 heavy (non-hydrogen) atoms. The van der Waals surface area contributed by atoms with E-state index in [1.807, 2.05) is 18.2 Å². The molecule has 0 saturated carbocycles. The first-order chi connectivity index (χ1) is 17.8. The van der Waals surface area contributed by atoms with E-state index in [1.165, 1.54) is 5.56 Å². The van der Waals surface area contributed by atoms with Gasteiger partial charge in [-0.15, -0.1) is 0 Å². The van der Waals surface area contributed by atoms with Crippen LogP contribution in [0.1, 0.15) is 91.5 Å². The van der Waals surface area contributed by atoms with Crippen LogP contribution in [0.2, 0.25) is 0 Å². The summed E-state index contributed by atoms with van der Waals surface area (Å²) in [6.07, 6.45) is 5.30. The quantitative estimate of drug-likeness (QED) is 0.562. The van der Waals surface area contributed by atoms with Crippen LogP contribution in [-0.2, 0) is 11.2 Å². The molecular weight excluding hydrogens is 468 g/mol. The predicted molar refractivity (Wildman–Crippen MR) is 140 cm³/mol. The number of nitrogens with two attached hydrogens (primary N) is 1. The van der Waals surface area contributed by atoms with E-state index in [2.05, 4.69) is 31.3 Å². The molecule has 0 spiro atoms. The van der Waals surface area contributed by atoms with Crippen LogP contribution in [0.3, 0.4) is 0 Å². The number of carbonyl (C=O) groups excluding carboxylic acids is 2. The van der Waals surface area contributed by atoms with Crippen molar-refractivity contribution in [2.75, 3.05) is 6.61 Å². The number of hydrogen-bond acceptors (Lipinski definition) is 6. The molecule has 0 aliphatic carbocycles. The Balaban J connectivity index is 1.41. The average Bonchev–Trinajstić information content (AvgIpc) is 2.85. The molecule has 8 nitrogen and oxygen atoms in total. The minimum atomic E-state index is -0.401. The summed E-state index contributed by atoms with van der Waals surface area (Å²) in [5.74, 6) is 1.58. The number of guanidine groups is 1. The van der Waals surface area contributed by atoms with Crippen molar-refractivity contribution >= 4 is 17.8 Å². The first-order valence-corrected chi connectivity index (χ1v) is 13.3. The Bertz CT molecular complexity index is 1290. The van der Waals surface area contributed by atoms with E-state index >= 15 is 0 Å². The molecule has 0 saturated heterocycles. The first-order valence-electron chi connectivity index (χ1n) is 13.3. The number of rotatable bonds is 0. The number of nitrogens with one attached hydrogen (secondary N) is 1. The molecule has 2 unspecified atom stereocenters. The van der Waals surface area contributed by atoms with E-state index in [9.17, 15) is 9.59 Å². The maximum atomic E-state index is 13.6. The summed E-state index contributed by atoms with van der Waals surface area (Å²) >= 11 is 0. The van der Waals surface area contributed by atoms with Crippen LogP contribution >= 0.6 is 0 Å². The van der Waals surface area contributed by atoms with Gasteiger partial charge in [0.1, 0.15) is 17.1 Å². The van der Waals surface area contributed by atoms with Gasteiger partial charge in [0.2, 0.25) is 5.91 Å². The zero-order chi connectivity index (χ0) is 25.7. The van der Waals surface area contributed by atoms with Crippen LogP contribution in [-0.4, -0.2) is 40.9 Å². The van der Waals surface area contributed by atoms with E-state index in [-0.39, 0.29) is 35.9 Å². The summed E-state index contributed by atoms with van der Waals surface area (Å²) in [5, 5.41) is 3.27. The van der Waals surface area contributed by atoms with Crippen LogP contribution in [0.4, 0.5) is 0 Å². The van der Waals surface area contributed by atoms with Gasteiger partial charge in [0.25, 0.3) is 5.91 Å². The number of aryl methyl sites for hydroxylation is 1. The molecule has 3 N–H and O–H groups in total. The van der Waals surface area contributed by atoms with Gasteiger partial charge in [0, 0.05) is 36.0 Å². The van der Waals surface area contributed by atoms with Gasteiger partial charge in [0.15, 0.2) is 5.96 Å². The van der Waals surface area contributed by atoms with Gasteiger partial charge in [-0.2, -0.15) is 0 Å². The number of fused-ring (bicyclic) bond motifs is 5. The van der Waals surface area contributed by atoms with Gasteiger partial charge in [-0.25, -0.2) is 4.99 Å². The maximum absolute atomic E-state index is 13.6. The highest BCUT2D eigenvalue weighted by molar-refractivity contribution is 5.99. The van der Waals surface area contributed by atoms with Gasteiger partial charge < -0.3 is 20.5 Å². The molecule has 0 fully saturated rings. The number of carbonyl (C=O) groups is 2. The molecule has 2 aromatic rings. The van der Waals surface area contributed by atoms with Crippen molar-refractivity contribution in [1.29, 1.82) is 0 Å². The molecule has 5 heterocycles. The summed E-state index contributed by atoms with van der Waals surface area (Å²) in [7, 11) is 0. The fraction of sp³-hybridized carbons (Fsp3) is 0.483. The standard InChI is InChI=1S/C29H34N4O4/c1-29(2)16-22-20-13-17(7-9-25(20)37-29)5-3-4-6-19-15-26(34)33(28(30)31-19)23-11-12-36-24-10-8-18(14-21(23)24)27(35)32-22/h7-10,13-14,19,22-23H,3-6,11-12,15-16H2,1-2H3,(H2,30,31)(H,32,35)/t19?,22?,23-/m1/s1. The topological polar surface area (TPSA) is 106 Å². The van der Waals surface area contributed by atoms with Gasteiger partial charge in [0.05, 0.1) is 24.7 Å². The van der Waals surface area contributed by atoms with Crippen LogP contribution in [0.15, 0.2) is 41.4 Å². The second-order valence-electron chi connectivity index (χ2n) is 11.2. The molecule has 2 amide bonds. The summed E-state index contributed by atoms with van der Waals surface area (Å²) < 4.78 is 12.2. The van der Waals surface area contributed by atoms with Crippen molar-refractivity contribution < 1.29 is 19.1 Å². The zero-order valence-corrected chi connectivity index (χ0v) is 21.5. The van der Waals surface area contributed by atoms with Gasteiger partial charge in [-0.1, -0.05) is 18.6 Å². The van der Waals surface area contributed by atoms with Crippen LogP contribution in [0.25, 0.3) is 0 Å². The highest BCUT2D eigenvalue weighted by Gasteiger charge is 2.38. The van der Waals surface area contributed by atoms with Crippen molar-refractivity contribution in [1.82, 2.24) is 10.2 Å². The van der Waals surface area contributed by atoms with E-state index in [1.54, 1.807) is 11.0 Å². The SMILES string of the molecule is CC1(C)CC2NC(=O)c3ccc4c(c3)[C@@H](CCO4)N3C(=O)CC(CCCCc4ccc(c2c4)O1)N=C3N. The molecule has 5 aliphatic heterocycles. The minimum Gasteiger partial charge on any atom is -0.493 e. The van der Waals surface area contributed by atoms with Crippen molar-refractivity contribution in [3.05, 3.63) is 58.7 Å². The number of nitrogens with zero attached hydrogens (tertiary/aromatic N) is 2. The third kappa shape index (κ3) is 4.54. The lowest BCUT2D eigenvalue weighted by atomic mass is 9.88. The normalized spacial score (nSPS) is 26.7. The molecule has 5 aliphatic rings. The zero-order valence-electron chi connectivity index (χ0n) is 21.5. The Morgan fingerprint density at radius 3 is 2.73 bits per heavy atom. The smallest absolute Gasteiger partial charge is 0.251 e. The summed E-state index contributed by atoms with van der Waals surface area (Å²) in [4.78, 5) is 33.2. The molecule has 3 atom stereocenters. The largest absolute Gasteiger partial charge is 0.493 e. The molecule has 2 aromatic carbocycles. The lowest BCUT2D eigenvalue weighted by Crippen LogP contribution is -2.50. The van der Waals surface area contributed by atoms with Crippen LogP contribution in [0, 0.1) is 0 Å². The van der Waals surface area contributed by atoms with Crippen LogP contribution < -0.4 is 20.5 Å². The number of hydrogen-bond donors (Lipinski definition) is 2. The second-order valence-corrected chi connectivity index (χ2v) is 11.2. The molecule has 0 aromatic heterocycles.